The predicted octanol–water partition coefficient (Wildman–Crippen LogP) is 1.25. The number of amidine groups is 1. The highest BCUT2D eigenvalue weighted by molar-refractivity contribution is 7.89. The van der Waals surface area contributed by atoms with Gasteiger partial charge in [0.2, 0.25) is 0 Å². The molecule has 0 aliphatic rings. The van der Waals surface area contributed by atoms with Gasteiger partial charge >= 0.3 is 0 Å². The maximum absolute atomic E-state index is 13.4. The Morgan fingerprint density at radius 3 is 2.96 bits per heavy atom. The zero-order valence-corrected chi connectivity index (χ0v) is 14.5. The number of halogens is 1. The average molecular weight is 381 g/mol. The molecule has 1 aromatic heterocycles. The molecule has 26 heavy (non-hydrogen) atoms. The molecule has 0 spiro atoms. The molecule has 138 valence electrons. The lowest BCUT2D eigenvalue weighted by atomic mass is 10.2. The number of hydroxylamine groups is 1. The fourth-order valence-corrected chi connectivity index (χ4v) is 2.54. The van der Waals surface area contributed by atoms with E-state index in [1.54, 1.807) is 6.07 Å². The van der Waals surface area contributed by atoms with Crippen LogP contribution in [0, 0.1) is 21.9 Å². The summed E-state index contributed by atoms with van der Waals surface area (Å²) in [6.07, 6.45) is 2.11. The summed E-state index contributed by atoms with van der Waals surface area (Å²) in [5.41, 5.74) is 2.42. The summed E-state index contributed by atoms with van der Waals surface area (Å²) in [4.78, 5) is 4.08. The third-order valence-corrected chi connectivity index (χ3v) is 3.92. The van der Waals surface area contributed by atoms with E-state index in [0.717, 1.165) is 6.07 Å². The molecule has 0 bridgehead atoms. The summed E-state index contributed by atoms with van der Waals surface area (Å²) >= 11 is 0. The van der Waals surface area contributed by atoms with Gasteiger partial charge in [0.25, 0.3) is 0 Å². The highest BCUT2D eigenvalue weighted by Crippen LogP contribution is 2.18. The Hall–Kier alpha value is -2.88. The van der Waals surface area contributed by atoms with Crippen molar-refractivity contribution in [3.8, 4) is 6.07 Å². The molecule has 10 nitrogen and oxygen atoms in total. The van der Waals surface area contributed by atoms with Crippen LogP contribution in [0.5, 0.6) is 0 Å². The molecule has 0 aliphatic carbocycles. The largest absolute Gasteiger partial charge is 0.290 e. The lowest BCUT2D eigenvalue weighted by Crippen LogP contribution is -2.24. The molecule has 1 unspecified atom stereocenters. The number of aryl methyl sites for hydroxylation is 1. The van der Waals surface area contributed by atoms with Gasteiger partial charge in [0.1, 0.15) is 27.5 Å². The molecule has 0 aliphatic heterocycles. The Morgan fingerprint density at radius 1 is 1.54 bits per heavy atom. The topological polar surface area (TPSA) is 160 Å². The Labute approximate surface area is 148 Å². The number of nitriles is 1. The van der Waals surface area contributed by atoms with Crippen LogP contribution < -0.4 is 10.2 Å². The highest BCUT2D eigenvalue weighted by Gasteiger charge is 2.16. The first-order valence-corrected chi connectivity index (χ1v) is 9.29. The van der Waals surface area contributed by atoms with E-state index in [-0.39, 0.29) is 22.8 Å². The van der Waals surface area contributed by atoms with Crippen LogP contribution in [0.15, 0.2) is 27.8 Å². The maximum atomic E-state index is 13.4. The van der Waals surface area contributed by atoms with E-state index in [4.69, 9.17) is 10.0 Å². The molecule has 0 radical (unpaired) electrons. The first-order valence-electron chi connectivity index (χ1n) is 7.32. The highest BCUT2D eigenvalue weighted by atomic mass is 32.2. The molecule has 0 saturated heterocycles. The third-order valence-electron chi connectivity index (χ3n) is 3.17. The van der Waals surface area contributed by atoms with Crippen molar-refractivity contribution in [2.45, 2.75) is 12.8 Å². The van der Waals surface area contributed by atoms with Crippen molar-refractivity contribution in [1.82, 2.24) is 20.5 Å². The molecule has 0 saturated carbocycles. The van der Waals surface area contributed by atoms with Crippen molar-refractivity contribution >= 4 is 21.4 Å². The van der Waals surface area contributed by atoms with Crippen LogP contribution in [0.1, 0.15) is 23.4 Å². The molecule has 1 aromatic carbocycles. The van der Waals surface area contributed by atoms with Crippen molar-refractivity contribution < 1.29 is 18.4 Å². The van der Waals surface area contributed by atoms with Crippen LogP contribution in [-0.2, 0) is 16.3 Å². The smallest absolute Gasteiger partial charge is 0.181 e. The van der Waals surface area contributed by atoms with Crippen LogP contribution in [-0.4, -0.2) is 38.4 Å². The number of hydrogen-bond donors (Lipinski definition) is 4. The minimum Gasteiger partial charge on any atom is -0.290 e. The molecule has 1 heterocycles. The fourth-order valence-electron chi connectivity index (χ4n) is 2.00. The van der Waals surface area contributed by atoms with Crippen molar-refractivity contribution in [3.05, 3.63) is 41.0 Å². The molecule has 2 aromatic rings. The van der Waals surface area contributed by atoms with Gasteiger partial charge < -0.3 is 0 Å². The van der Waals surface area contributed by atoms with E-state index in [0.29, 0.717) is 25.1 Å². The normalized spacial score (nSPS) is 13.8. The SMILES string of the molecule is CS(=N)(=O)NCCCc1nonc1C(=Nc1ccc(F)c(C#N)c1)NO. The van der Waals surface area contributed by atoms with E-state index >= 15 is 0 Å². The zero-order chi connectivity index (χ0) is 19.2. The van der Waals surface area contributed by atoms with Gasteiger partial charge in [-0.25, -0.2) is 27.7 Å². The zero-order valence-electron chi connectivity index (χ0n) is 13.7. The van der Waals surface area contributed by atoms with Crippen LogP contribution in [0.3, 0.4) is 0 Å². The quantitative estimate of drug-likeness (QED) is 0.243. The van der Waals surface area contributed by atoms with Gasteiger partial charge in [0.05, 0.1) is 11.3 Å². The summed E-state index contributed by atoms with van der Waals surface area (Å²) in [7, 11) is -2.79. The number of benzene rings is 1. The summed E-state index contributed by atoms with van der Waals surface area (Å²) in [6, 6.07) is 5.33. The standard InChI is InChI=1S/C14H16FN7O3S/c1-26(17,24)18-6-2-3-12-13(22-25-21-12)14(20-23)19-10-4-5-11(15)9(7-10)8-16/h4-5,7,23H,2-3,6H2,1H3,(H,19,20)(H2,17,18,24). The number of rotatable bonds is 7. The minimum atomic E-state index is -2.79. The van der Waals surface area contributed by atoms with Crippen LogP contribution in [0.2, 0.25) is 0 Å². The predicted molar refractivity (Wildman–Crippen MR) is 89.6 cm³/mol. The van der Waals surface area contributed by atoms with Gasteiger partial charge in [-0.05, 0) is 36.2 Å². The van der Waals surface area contributed by atoms with E-state index in [1.165, 1.54) is 18.4 Å². The monoisotopic (exact) mass is 381 g/mol. The molecular formula is C14H16FN7O3S. The van der Waals surface area contributed by atoms with Crippen LogP contribution in [0.4, 0.5) is 10.1 Å². The minimum absolute atomic E-state index is 0.0931. The average Bonchev–Trinajstić information content (AvgIpc) is 3.05. The van der Waals surface area contributed by atoms with Crippen molar-refractivity contribution in [3.63, 3.8) is 0 Å². The first kappa shape index (κ1) is 19.4. The molecule has 0 fully saturated rings. The van der Waals surface area contributed by atoms with Gasteiger partial charge in [-0.2, -0.15) is 5.26 Å². The van der Waals surface area contributed by atoms with E-state index < -0.39 is 15.7 Å². The Balaban J connectivity index is 2.18. The molecule has 4 N–H and O–H groups in total. The Bertz CT molecular complexity index is 950. The third kappa shape index (κ3) is 5.31. The Morgan fingerprint density at radius 2 is 2.31 bits per heavy atom. The number of aromatic nitrogens is 2. The number of aliphatic imine (C=N–C) groups is 1. The van der Waals surface area contributed by atoms with Gasteiger partial charge in [-0.3, -0.25) is 10.7 Å². The molecule has 1 atom stereocenters. The Kier molecular flexibility index (Phi) is 6.34. The van der Waals surface area contributed by atoms with Crippen molar-refractivity contribution in [1.29, 1.82) is 10.0 Å². The lowest BCUT2D eigenvalue weighted by Gasteiger charge is -2.05. The van der Waals surface area contributed by atoms with Gasteiger partial charge in [-0.1, -0.05) is 5.16 Å². The fraction of sp³-hybridized carbons (Fsp3) is 0.286. The summed E-state index contributed by atoms with van der Waals surface area (Å²) in [5, 5.41) is 25.6. The van der Waals surface area contributed by atoms with Crippen LogP contribution in [0.25, 0.3) is 0 Å². The lowest BCUT2D eigenvalue weighted by molar-refractivity contribution is 0.234. The number of nitrogens with one attached hydrogen (secondary N) is 3. The van der Waals surface area contributed by atoms with Gasteiger partial charge in [-0.15, -0.1) is 0 Å². The summed E-state index contributed by atoms with van der Waals surface area (Å²) in [5.74, 6) is -0.771. The van der Waals surface area contributed by atoms with E-state index in [9.17, 15) is 13.8 Å². The van der Waals surface area contributed by atoms with Gasteiger partial charge in [0.15, 0.2) is 11.5 Å². The second kappa shape index (κ2) is 8.48. The summed E-state index contributed by atoms with van der Waals surface area (Å²) in [6.45, 7) is 0.313. The number of nitrogens with zero attached hydrogens (tertiary/aromatic N) is 4. The van der Waals surface area contributed by atoms with E-state index in [1.807, 2.05) is 5.48 Å². The van der Waals surface area contributed by atoms with Crippen molar-refractivity contribution in [2.24, 2.45) is 4.99 Å². The molecule has 12 heteroatoms. The van der Waals surface area contributed by atoms with E-state index in [2.05, 4.69) is 24.7 Å². The second-order valence-corrected chi connectivity index (χ2v) is 7.23. The second-order valence-electron chi connectivity index (χ2n) is 5.25. The van der Waals surface area contributed by atoms with Gasteiger partial charge in [0, 0.05) is 12.8 Å². The molecule has 2 rings (SSSR count). The number of hydrogen-bond acceptors (Lipinski definition) is 8. The first-order chi connectivity index (χ1) is 12.3. The molecular weight excluding hydrogens is 365 g/mol. The van der Waals surface area contributed by atoms with Crippen molar-refractivity contribution in [2.75, 3.05) is 12.8 Å². The maximum Gasteiger partial charge on any atom is 0.181 e. The molecule has 0 amide bonds. The van der Waals surface area contributed by atoms with Crippen LogP contribution >= 0.6 is 0 Å². The summed E-state index contributed by atoms with van der Waals surface area (Å²) < 4.78 is 39.1.